The Morgan fingerprint density at radius 3 is 2.84 bits per heavy atom. The molecule has 3 aromatic rings. The second-order valence-corrected chi connectivity index (χ2v) is 7.06. The van der Waals surface area contributed by atoms with E-state index in [-0.39, 0.29) is 11.8 Å². The number of aromatic amines is 1. The number of nitrogens with one attached hydrogen (secondary N) is 1. The Morgan fingerprint density at radius 1 is 1.32 bits per heavy atom. The predicted octanol–water partition coefficient (Wildman–Crippen LogP) is 3.97. The largest absolute Gasteiger partial charge is 0.420 e. The molecule has 3 N–H and O–H groups in total. The van der Waals surface area contributed by atoms with Gasteiger partial charge >= 0.3 is 0 Å². The number of nitriles is 1. The van der Waals surface area contributed by atoms with Crippen LogP contribution < -0.4 is 10.5 Å². The SMILES string of the molecule is Cc1ccc(-c2[nH]nc3c2C(c2cccs2)C(C#N)=C(N)O3)c(C)c1. The number of ether oxygens (including phenoxy) is 1. The molecule has 6 heteroatoms. The molecule has 0 aliphatic carbocycles. The average Bonchev–Trinajstić information content (AvgIpc) is 3.23. The van der Waals surface area contributed by atoms with Crippen LogP contribution in [-0.4, -0.2) is 10.2 Å². The number of rotatable bonds is 2. The van der Waals surface area contributed by atoms with Crippen molar-refractivity contribution in [1.29, 1.82) is 5.26 Å². The number of aryl methyl sites for hydroxylation is 2. The summed E-state index contributed by atoms with van der Waals surface area (Å²) in [5.41, 5.74) is 11.5. The Morgan fingerprint density at radius 2 is 2.16 bits per heavy atom. The highest BCUT2D eigenvalue weighted by molar-refractivity contribution is 7.10. The van der Waals surface area contributed by atoms with Crippen LogP contribution in [0.25, 0.3) is 11.3 Å². The number of nitrogens with two attached hydrogens (primary N) is 1. The molecular formula is C19H16N4OS. The number of aromatic nitrogens is 2. The summed E-state index contributed by atoms with van der Waals surface area (Å²) in [5, 5.41) is 19.0. The molecule has 124 valence electrons. The van der Waals surface area contributed by atoms with E-state index in [1.807, 2.05) is 17.5 Å². The lowest BCUT2D eigenvalue weighted by atomic mass is 9.86. The van der Waals surface area contributed by atoms with Gasteiger partial charge in [-0.05, 0) is 30.9 Å². The smallest absolute Gasteiger partial charge is 0.244 e. The maximum atomic E-state index is 9.65. The Balaban J connectivity index is 1.96. The summed E-state index contributed by atoms with van der Waals surface area (Å²) in [4.78, 5) is 1.04. The van der Waals surface area contributed by atoms with Crippen molar-refractivity contribution in [2.24, 2.45) is 5.73 Å². The van der Waals surface area contributed by atoms with Gasteiger partial charge in [-0.25, -0.2) is 0 Å². The van der Waals surface area contributed by atoms with Gasteiger partial charge in [-0.15, -0.1) is 16.4 Å². The number of hydrogen-bond acceptors (Lipinski definition) is 5. The van der Waals surface area contributed by atoms with Gasteiger partial charge in [0.05, 0.1) is 17.2 Å². The van der Waals surface area contributed by atoms with Crippen molar-refractivity contribution < 1.29 is 4.74 Å². The molecule has 0 radical (unpaired) electrons. The van der Waals surface area contributed by atoms with Crippen LogP contribution in [0.15, 0.2) is 47.2 Å². The first-order valence-electron chi connectivity index (χ1n) is 7.87. The molecule has 1 atom stereocenters. The van der Waals surface area contributed by atoms with Crippen molar-refractivity contribution in [2.45, 2.75) is 19.8 Å². The summed E-state index contributed by atoms with van der Waals surface area (Å²) >= 11 is 1.59. The number of nitrogens with zero attached hydrogens (tertiary/aromatic N) is 2. The van der Waals surface area contributed by atoms with Crippen LogP contribution in [-0.2, 0) is 0 Å². The van der Waals surface area contributed by atoms with Crippen LogP contribution >= 0.6 is 11.3 Å². The number of allylic oxidation sites excluding steroid dienone is 1. The molecule has 0 saturated carbocycles. The van der Waals surface area contributed by atoms with Crippen LogP contribution in [0.2, 0.25) is 0 Å². The van der Waals surface area contributed by atoms with Crippen molar-refractivity contribution >= 4 is 11.3 Å². The highest BCUT2D eigenvalue weighted by Crippen LogP contribution is 2.47. The monoisotopic (exact) mass is 348 g/mol. The fraction of sp³-hybridized carbons (Fsp3) is 0.158. The molecule has 4 rings (SSSR count). The molecule has 1 aliphatic heterocycles. The van der Waals surface area contributed by atoms with Gasteiger partial charge < -0.3 is 10.5 Å². The van der Waals surface area contributed by atoms with Gasteiger partial charge in [0.25, 0.3) is 0 Å². The summed E-state index contributed by atoms with van der Waals surface area (Å²) in [6.07, 6.45) is 0. The van der Waals surface area contributed by atoms with Crippen LogP contribution in [0, 0.1) is 25.2 Å². The minimum absolute atomic E-state index is 0.118. The Labute approximate surface area is 149 Å². The molecule has 2 aromatic heterocycles. The fourth-order valence-electron chi connectivity index (χ4n) is 3.28. The first kappa shape index (κ1) is 15.5. The van der Waals surface area contributed by atoms with Gasteiger partial charge in [-0.2, -0.15) is 5.26 Å². The van der Waals surface area contributed by atoms with Crippen LogP contribution in [0.4, 0.5) is 0 Å². The van der Waals surface area contributed by atoms with Crippen molar-refractivity contribution in [3.63, 3.8) is 0 Å². The van der Waals surface area contributed by atoms with E-state index in [2.05, 4.69) is 48.3 Å². The molecule has 0 fully saturated rings. The lowest BCUT2D eigenvalue weighted by Gasteiger charge is -2.23. The van der Waals surface area contributed by atoms with Gasteiger partial charge in [0, 0.05) is 10.4 Å². The molecule has 3 heterocycles. The normalized spacial score (nSPS) is 16.3. The average molecular weight is 348 g/mol. The summed E-state index contributed by atoms with van der Waals surface area (Å²) in [5.74, 6) is 0.278. The highest BCUT2D eigenvalue weighted by atomic mass is 32.1. The second-order valence-electron chi connectivity index (χ2n) is 6.08. The summed E-state index contributed by atoms with van der Waals surface area (Å²) in [6, 6.07) is 12.5. The third kappa shape index (κ3) is 2.41. The number of hydrogen-bond donors (Lipinski definition) is 2. The zero-order chi connectivity index (χ0) is 17.6. The maximum absolute atomic E-state index is 9.65. The first-order chi connectivity index (χ1) is 12.1. The summed E-state index contributed by atoms with van der Waals surface area (Å²) in [6.45, 7) is 4.13. The molecule has 0 bridgehead atoms. The quantitative estimate of drug-likeness (QED) is 0.733. The van der Waals surface area contributed by atoms with E-state index in [1.165, 1.54) is 5.56 Å². The number of benzene rings is 1. The van der Waals surface area contributed by atoms with Gasteiger partial charge in [-0.1, -0.05) is 29.8 Å². The molecule has 0 amide bonds. The predicted molar refractivity (Wildman–Crippen MR) is 97.1 cm³/mol. The van der Waals surface area contributed by atoms with Gasteiger partial charge in [0.15, 0.2) is 0 Å². The van der Waals surface area contributed by atoms with Crippen LogP contribution in [0.3, 0.4) is 0 Å². The van der Waals surface area contributed by atoms with Gasteiger partial charge in [0.2, 0.25) is 11.8 Å². The van der Waals surface area contributed by atoms with E-state index < -0.39 is 0 Å². The van der Waals surface area contributed by atoms with Crippen molar-refractivity contribution in [1.82, 2.24) is 10.2 Å². The van der Waals surface area contributed by atoms with E-state index >= 15 is 0 Å². The van der Waals surface area contributed by atoms with E-state index in [9.17, 15) is 5.26 Å². The third-order valence-electron chi connectivity index (χ3n) is 4.42. The van der Waals surface area contributed by atoms with Gasteiger partial charge in [0.1, 0.15) is 11.6 Å². The van der Waals surface area contributed by atoms with E-state index in [4.69, 9.17) is 10.5 Å². The Hall–Kier alpha value is -3.04. The van der Waals surface area contributed by atoms with E-state index in [0.29, 0.717) is 11.5 Å². The molecule has 1 aromatic carbocycles. The molecular weight excluding hydrogens is 332 g/mol. The molecule has 5 nitrogen and oxygen atoms in total. The van der Waals surface area contributed by atoms with Crippen molar-refractivity contribution in [3.8, 4) is 23.2 Å². The third-order valence-corrected chi connectivity index (χ3v) is 5.36. The lowest BCUT2D eigenvalue weighted by Crippen LogP contribution is -2.20. The van der Waals surface area contributed by atoms with E-state index in [1.54, 1.807) is 11.3 Å². The number of thiophene rings is 1. The zero-order valence-electron chi connectivity index (χ0n) is 13.8. The standard InChI is InChI=1S/C19H16N4OS/c1-10-5-6-12(11(2)8-10)17-16-15(14-4-3-7-25-14)13(9-20)18(21)24-19(16)23-22-17/h3-8,15H,21H2,1-2H3,(H,22,23). The molecule has 0 saturated heterocycles. The second kappa shape index (κ2) is 5.80. The maximum Gasteiger partial charge on any atom is 0.244 e. The molecule has 1 unspecified atom stereocenters. The Kier molecular flexibility index (Phi) is 3.59. The van der Waals surface area contributed by atoms with Crippen molar-refractivity contribution in [2.75, 3.05) is 0 Å². The summed E-state index contributed by atoms with van der Waals surface area (Å²) < 4.78 is 5.63. The minimum Gasteiger partial charge on any atom is -0.420 e. The van der Waals surface area contributed by atoms with Gasteiger partial charge in [-0.3, -0.25) is 5.10 Å². The van der Waals surface area contributed by atoms with Crippen LogP contribution in [0.1, 0.15) is 27.5 Å². The Bertz CT molecular complexity index is 1020. The molecule has 1 aliphatic rings. The van der Waals surface area contributed by atoms with Crippen molar-refractivity contribution in [3.05, 3.63) is 68.7 Å². The van der Waals surface area contributed by atoms with Crippen LogP contribution in [0.5, 0.6) is 5.88 Å². The minimum atomic E-state index is -0.275. The molecule has 25 heavy (non-hydrogen) atoms. The zero-order valence-corrected chi connectivity index (χ0v) is 14.6. The highest BCUT2D eigenvalue weighted by Gasteiger charge is 2.36. The molecule has 0 spiro atoms. The number of H-pyrrole nitrogens is 1. The lowest BCUT2D eigenvalue weighted by molar-refractivity contribution is 0.379. The fourth-order valence-corrected chi connectivity index (χ4v) is 4.13. The van der Waals surface area contributed by atoms with E-state index in [0.717, 1.165) is 27.3 Å². The topological polar surface area (TPSA) is 87.7 Å². The number of fused-ring (bicyclic) bond motifs is 1. The first-order valence-corrected chi connectivity index (χ1v) is 8.75. The summed E-state index contributed by atoms with van der Waals surface area (Å²) in [7, 11) is 0.